The molecule has 0 bridgehead atoms. The number of aromatic nitrogens is 2. The minimum absolute atomic E-state index is 0.146. The molecular formula is C19H28N4O2. The highest BCUT2D eigenvalue weighted by Gasteiger charge is 2.41. The van der Waals surface area contributed by atoms with Crippen molar-refractivity contribution in [1.29, 1.82) is 0 Å². The molecule has 1 aromatic rings. The van der Waals surface area contributed by atoms with E-state index in [1.54, 1.807) is 0 Å². The monoisotopic (exact) mass is 344 g/mol. The Bertz CT molecular complexity index is 679. The summed E-state index contributed by atoms with van der Waals surface area (Å²) in [5.41, 5.74) is 2.16. The zero-order chi connectivity index (χ0) is 17.6. The molecular weight excluding hydrogens is 316 g/mol. The number of carbonyl (C=O) groups is 2. The van der Waals surface area contributed by atoms with Crippen LogP contribution < -0.4 is 0 Å². The summed E-state index contributed by atoms with van der Waals surface area (Å²) in [5, 5.41) is 4.55. The third kappa shape index (κ3) is 3.44. The lowest BCUT2D eigenvalue weighted by molar-refractivity contribution is -0.136. The Kier molecular flexibility index (Phi) is 4.29. The van der Waals surface area contributed by atoms with Crippen molar-refractivity contribution in [1.82, 2.24) is 19.6 Å². The molecule has 2 aliphatic heterocycles. The van der Waals surface area contributed by atoms with E-state index in [-0.39, 0.29) is 23.8 Å². The lowest BCUT2D eigenvalue weighted by Crippen LogP contribution is -2.42. The maximum absolute atomic E-state index is 13.0. The smallest absolute Gasteiger partial charge is 0.228 e. The van der Waals surface area contributed by atoms with Crippen molar-refractivity contribution in [3.63, 3.8) is 0 Å². The molecule has 25 heavy (non-hydrogen) atoms. The third-order valence-electron chi connectivity index (χ3n) is 5.89. The molecule has 1 saturated carbocycles. The summed E-state index contributed by atoms with van der Waals surface area (Å²) in [5.74, 6) is 0.880. The van der Waals surface area contributed by atoms with Gasteiger partial charge in [-0.3, -0.25) is 14.3 Å². The number of rotatable bonds is 5. The average molecular weight is 344 g/mol. The maximum Gasteiger partial charge on any atom is 0.228 e. The van der Waals surface area contributed by atoms with Crippen LogP contribution in [0.5, 0.6) is 0 Å². The average Bonchev–Trinajstić information content (AvgIpc) is 2.98. The van der Waals surface area contributed by atoms with E-state index in [1.165, 1.54) is 12.8 Å². The molecule has 1 aromatic heterocycles. The summed E-state index contributed by atoms with van der Waals surface area (Å²) < 4.78 is 2.02. The van der Waals surface area contributed by atoms with Gasteiger partial charge in [0.15, 0.2) is 0 Å². The molecule has 6 heteroatoms. The van der Waals surface area contributed by atoms with E-state index in [2.05, 4.69) is 18.1 Å². The number of amides is 2. The highest BCUT2D eigenvalue weighted by molar-refractivity contribution is 5.89. The fraction of sp³-hybridized carbons (Fsp3) is 0.737. The number of likely N-dealkylation sites (tertiary alicyclic amines) is 2. The number of hydrogen-bond acceptors (Lipinski definition) is 3. The van der Waals surface area contributed by atoms with Crippen LogP contribution in [0.4, 0.5) is 0 Å². The third-order valence-corrected chi connectivity index (χ3v) is 5.89. The van der Waals surface area contributed by atoms with Crippen LogP contribution in [-0.2, 0) is 16.1 Å². The highest BCUT2D eigenvalue weighted by Crippen LogP contribution is 2.33. The first-order valence-electron chi connectivity index (χ1n) is 9.60. The topological polar surface area (TPSA) is 58.4 Å². The highest BCUT2D eigenvalue weighted by atomic mass is 16.2. The van der Waals surface area contributed by atoms with Gasteiger partial charge in [0.2, 0.25) is 11.8 Å². The van der Waals surface area contributed by atoms with E-state index in [0.29, 0.717) is 18.9 Å². The first-order chi connectivity index (χ1) is 12.0. The summed E-state index contributed by atoms with van der Waals surface area (Å²) in [6.45, 7) is 7.12. The van der Waals surface area contributed by atoms with Crippen LogP contribution in [0, 0.1) is 25.7 Å². The van der Waals surface area contributed by atoms with E-state index in [0.717, 1.165) is 43.9 Å². The molecule has 2 amide bonds. The second-order valence-electron chi connectivity index (χ2n) is 8.08. The Labute approximate surface area is 149 Å². The van der Waals surface area contributed by atoms with E-state index in [4.69, 9.17) is 0 Å². The van der Waals surface area contributed by atoms with Gasteiger partial charge in [-0.05, 0) is 51.5 Å². The first kappa shape index (κ1) is 16.6. The molecule has 0 N–H and O–H groups in total. The number of aryl methyl sites for hydroxylation is 2. The molecule has 0 unspecified atom stereocenters. The first-order valence-corrected chi connectivity index (χ1v) is 9.60. The molecule has 3 fully saturated rings. The van der Waals surface area contributed by atoms with Crippen LogP contribution in [0.3, 0.4) is 0 Å². The quantitative estimate of drug-likeness (QED) is 0.818. The minimum atomic E-state index is -0.146. The van der Waals surface area contributed by atoms with Gasteiger partial charge in [0, 0.05) is 31.7 Å². The fourth-order valence-electron chi connectivity index (χ4n) is 4.34. The zero-order valence-electron chi connectivity index (χ0n) is 15.3. The largest absolute Gasteiger partial charge is 0.342 e. The van der Waals surface area contributed by atoms with E-state index in [1.807, 2.05) is 21.4 Å². The van der Waals surface area contributed by atoms with Crippen LogP contribution in [0.25, 0.3) is 0 Å². The van der Waals surface area contributed by atoms with Crippen molar-refractivity contribution < 1.29 is 9.59 Å². The van der Waals surface area contributed by atoms with Gasteiger partial charge in [-0.25, -0.2) is 0 Å². The Hall–Kier alpha value is -1.85. The van der Waals surface area contributed by atoms with Gasteiger partial charge in [0.05, 0.1) is 24.2 Å². The summed E-state index contributed by atoms with van der Waals surface area (Å²) in [7, 11) is 0. The SMILES string of the molecule is Cc1cc(C)n(C[C@H]2CCCN2C(=O)[C@H]2CC(=O)N(CC3CC3)C2)n1. The molecule has 2 atom stereocenters. The van der Waals surface area contributed by atoms with E-state index in [9.17, 15) is 9.59 Å². The molecule has 3 aliphatic rings. The van der Waals surface area contributed by atoms with Crippen LogP contribution in [0.2, 0.25) is 0 Å². The van der Waals surface area contributed by atoms with Crippen LogP contribution in [0.15, 0.2) is 6.07 Å². The number of nitrogens with zero attached hydrogens (tertiary/aromatic N) is 4. The lowest BCUT2D eigenvalue weighted by Gasteiger charge is -2.27. The standard InChI is InChI=1S/C19H28N4O2/c1-13-8-14(2)23(20-13)12-17-4-3-7-22(17)19(25)16-9-18(24)21(11-16)10-15-5-6-15/h8,15-17H,3-7,9-12H2,1-2H3/t16-,17+/m0/s1. The fourth-order valence-corrected chi connectivity index (χ4v) is 4.34. The van der Waals surface area contributed by atoms with Crippen molar-refractivity contribution in [3.8, 4) is 0 Å². The van der Waals surface area contributed by atoms with Gasteiger partial charge in [0.1, 0.15) is 0 Å². The normalized spacial score (nSPS) is 26.7. The summed E-state index contributed by atoms with van der Waals surface area (Å²) in [6.07, 6.45) is 4.94. The summed E-state index contributed by atoms with van der Waals surface area (Å²) in [4.78, 5) is 29.2. The second-order valence-corrected chi connectivity index (χ2v) is 8.08. The van der Waals surface area contributed by atoms with Crippen molar-refractivity contribution in [2.45, 2.75) is 58.5 Å². The van der Waals surface area contributed by atoms with Crippen molar-refractivity contribution >= 4 is 11.8 Å². The second kappa shape index (κ2) is 6.46. The van der Waals surface area contributed by atoms with Gasteiger partial charge in [0.25, 0.3) is 0 Å². The molecule has 0 radical (unpaired) electrons. The Morgan fingerprint density at radius 3 is 2.72 bits per heavy atom. The Balaban J connectivity index is 1.40. The zero-order valence-corrected chi connectivity index (χ0v) is 15.3. The molecule has 0 aromatic carbocycles. The predicted molar refractivity (Wildman–Crippen MR) is 93.8 cm³/mol. The van der Waals surface area contributed by atoms with Gasteiger partial charge < -0.3 is 9.80 Å². The van der Waals surface area contributed by atoms with Gasteiger partial charge in [-0.15, -0.1) is 0 Å². The lowest BCUT2D eigenvalue weighted by atomic mass is 10.1. The van der Waals surface area contributed by atoms with Crippen molar-refractivity contribution in [2.75, 3.05) is 19.6 Å². The number of carbonyl (C=O) groups excluding carboxylic acids is 2. The molecule has 136 valence electrons. The maximum atomic E-state index is 13.0. The molecule has 1 aliphatic carbocycles. The Morgan fingerprint density at radius 2 is 2.04 bits per heavy atom. The van der Waals surface area contributed by atoms with Crippen LogP contribution in [0.1, 0.15) is 43.5 Å². The molecule has 2 saturated heterocycles. The van der Waals surface area contributed by atoms with Crippen LogP contribution >= 0.6 is 0 Å². The number of hydrogen-bond donors (Lipinski definition) is 0. The van der Waals surface area contributed by atoms with Crippen molar-refractivity contribution in [2.24, 2.45) is 11.8 Å². The minimum Gasteiger partial charge on any atom is -0.342 e. The van der Waals surface area contributed by atoms with Crippen molar-refractivity contribution in [3.05, 3.63) is 17.5 Å². The summed E-state index contributed by atoms with van der Waals surface area (Å²) in [6, 6.07) is 2.28. The molecule has 0 spiro atoms. The summed E-state index contributed by atoms with van der Waals surface area (Å²) >= 11 is 0. The van der Waals surface area contributed by atoms with Gasteiger partial charge >= 0.3 is 0 Å². The van der Waals surface area contributed by atoms with Gasteiger partial charge in [-0.1, -0.05) is 0 Å². The Morgan fingerprint density at radius 1 is 1.24 bits per heavy atom. The van der Waals surface area contributed by atoms with Crippen LogP contribution in [-0.4, -0.2) is 57.1 Å². The predicted octanol–water partition coefficient (Wildman–Crippen LogP) is 1.75. The molecule has 6 nitrogen and oxygen atoms in total. The molecule has 3 heterocycles. The van der Waals surface area contributed by atoms with E-state index >= 15 is 0 Å². The van der Waals surface area contributed by atoms with Gasteiger partial charge in [-0.2, -0.15) is 5.10 Å². The molecule has 4 rings (SSSR count). The van der Waals surface area contributed by atoms with E-state index < -0.39 is 0 Å².